The highest BCUT2D eigenvalue weighted by Gasteiger charge is 2.12. The van der Waals surface area contributed by atoms with Crippen LogP contribution in [0.2, 0.25) is 0 Å². The Hall–Kier alpha value is -0.990. The Morgan fingerprint density at radius 1 is 1.60 bits per heavy atom. The predicted molar refractivity (Wildman–Crippen MR) is 44.4 cm³/mol. The van der Waals surface area contributed by atoms with E-state index in [-0.39, 0.29) is 12.1 Å². The first-order valence-corrected chi connectivity index (χ1v) is 3.37. The van der Waals surface area contributed by atoms with E-state index in [2.05, 4.69) is 15.0 Å². The molecule has 54 valence electrons. The quantitative estimate of drug-likeness (QED) is 0.482. The van der Waals surface area contributed by atoms with Gasteiger partial charge in [-0.1, -0.05) is 0 Å². The van der Waals surface area contributed by atoms with Gasteiger partial charge in [-0.05, 0) is 20.1 Å². The van der Waals surface area contributed by atoms with Crippen molar-refractivity contribution in [3.8, 4) is 0 Å². The molecule has 0 spiro atoms. The summed E-state index contributed by atoms with van der Waals surface area (Å²) in [5.41, 5.74) is 0. The third-order valence-electron chi connectivity index (χ3n) is 1.42. The Bertz CT molecular complexity index is 181. The topological polar surface area (TPSA) is 37.1 Å². The van der Waals surface area contributed by atoms with E-state index in [4.69, 9.17) is 0 Å². The van der Waals surface area contributed by atoms with Crippen molar-refractivity contribution in [2.24, 2.45) is 15.0 Å². The molecule has 0 N–H and O–H groups in total. The second kappa shape index (κ2) is 3.25. The van der Waals surface area contributed by atoms with Gasteiger partial charge in [-0.2, -0.15) is 0 Å². The molecule has 1 aliphatic heterocycles. The summed E-state index contributed by atoms with van der Waals surface area (Å²) < 4.78 is 0. The predicted octanol–water partition coefficient (Wildman–Crippen LogP) is 0.947. The molecule has 0 aliphatic carbocycles. The van der Waals surface area contributed by atoms with Crippen LogP contribution in [0.15, 0.2) is 15.0 Å². The van der Waals surface area contributed by atoms with Crippen LogP contribution in [0.3, 0.4) is 0 Å². The van der Waals surface area contributed by atoms with E-state index in [1.54, 1.807) is 12.6 Å². The highest BCUT2D eigenvalue weighted by Crippen LogP contribution is 2.02. The molecule has 0 fully saturated rings. The molecule has 0 bridgehead atoms. The summed E-state index contributed by atoms with van der Waals surface area (Å²) in [7, 11) is 0. The zero-order valence-electron chi connectivity index (χ0n) is 6.23. The number of hydrogen-bond acceptors (Lipinski definition) is 3. The third kappa shape index (κ3) is 1.50. The minimum Gasteiger partial charge on any atom is -0.287 e. The fourth-order valence-corrected chi connectivity index (χ4v) is 0.818. The molecule has 0 radical (unpaired) electrons. The highest BCUT2D eigenvalue weighted by atomic mass is 15.0. The van der Waals surface area contributed by atoms with Gasteiger partial charge in [-0.15, -0.1) is 0 Å². The number of hydrogen-bond donors (Lipinski definition) is 0. The molecule has 2 unspecified atom stereocenters. The zero-order valence-corrected chi connectivity index (χ0v) is 6.23. The Labute approximate surface area is 60.6 Å². The van der Waals surface area contributed by atoms with E-state index in [0.29, 0.717) is 0 Å². The minimum absolute atomic E-state index is 0.148. The Balaban J connectivity index is 2.61. The average molecular weight is 137 g/mol. The van der Waals surface area contributed by atoms with Crippen LogP contribution < -0.4 is 0 Å². The van der Waals surface area contributed by atoms with Crippen molar-refractivity contribution in [3.05, 3.63) is 0 Å². The Morgan fingerprint density at radius 3 is 3.00 bits per heavy atom. The van der Waals surface area contributed by atoms with Gasteiger partial charge in [0, 0.05) is 6.21 Å². The molecule has 1 aliphatic rings. The van der Waals surface area contributed by atoms with Crippen LogP contribution in [0.25, 0.3) is 0 Å². The van der Waals surface area contributed by atoms with Crippen LogP contribution in [0, 0.1) is 0 Å². The van der Waals surface area contributed by atoms with Crippen LogP contribution in [-0.4, -0.2) is 30.9 Å². The van der Waals surface area contributed by atoms with Gasteiger partial charge in [0.2, 0.25) is 0 Å². The molecular weight excluding hydrogens is 126 g/mol. The molecule has 10 heavy (non-hydrogen) atoms. The van der Waals surface area contributed by atoms with E-state index < -0.39 is 0 Å². The normalized spacial score (nSPS) is 31.8. The van der Waals surface area contributed by atoms with Gasteiger partial charge >= 0.3 is 0 Å². The van der Waals surface area contributed by atoms with Crippen molar-refractivity contribution < 1.29 is 0 Å². The fourth-order valence-electron chi connectivity index (χ4n) is 0.818. The van der Waals surface area contributed by atoms with E-state index >= 15 is 0 Å². The second-order valence-corrected chi connectivity index (χ2v) is 2.20. The van der Waals surface area contributed by atoms with Gasteiger partial charge in [0.05, 0.1) is 6.04 Å². The summed E-state index contributed by atoms with van der Waals surface area (Å²) in [5, 5.41) is 0. The molecular formula is C7H11N3. The number of nitrogens with zero attached hydrogens (tertiary/aromatic N) is 3. The lowest BCUT2D eigenvalue weighted by molar-refractivity contribution is 0.687. The molecule has 0 aromatic rings. The first-order valence-electron chi connectivity index (χ1n) is 3.37. The van der Waals surface area contributed by atoms with Crippen molar-refractivity contribution in [2.75, 3.05) is 0 Å². The summed E-state index contributed by atoms with van der Waals surface area (Å²) in [4.78, 5) is 12.2. The summed E-state index contributed by atoms with van der Waals surface area (Å²) in [6.07, 6.45) is 5.18. The first kappa shape index (κ1) is 7.12. The molecule has 1 heterocycles. The van der Waals surface area contributed by atoms with Crippen molar-refractivity contribution in [1.29, 1.82) is 0 Å². The summed E-state index contributed by atoms with van der Waals surface area (Å²) in [5.74, 6) is 0. The molecule has 0 saturated heterocycles. The maximum Gasteiger partial charge on any atom is 0.109 e. The van der Waals surface area contributed by atoms with Crippen molar-refractivity contribution in [1.82, 2.24) is 0 Å². The molecule has 0 saturated carbocycles. The lowest BCUT2D eigenvalue weighted by Crippen LogP contribution is -2.23. The number of rotatable bonds is 1. The summed E-state index contributed by atoms with van der Waals surface area (Å²) >= 11 is 0. The van der Waals surface area contributed by atoms with Crippen molar-refractivity contribution >= 4 is 18.8 Å². The van der Waals surface area contributed by atoms with Gasteiger partial charge in [0.25, 0.3) is 0 Å². The highest BCUT2D eigenvalue weighted by molar-refractivity contribution is 5.80. The standard InChI is InChI=1S/C7H11N3/c1-3-9-7-4-8-5-10-6(7)2/h3-7H,1-2H3/b9-3-. The van der Waals surface area contributed by atoms with Crippen LogP contribution in [0.4, 0.5) is 0 Å². The lowest BCUT2D eigenvalue weighted by atomic mass is 10.2. The summed E-state index contributed by atoms with van der Waals surface area (Å²) in [6.45, 7) is 3.93. The van der Waals surface area contributed by atoms with Crippen LogP contribution >= 0.6 is 0 Å². The first-order chi connectivity index (χ1) is 4.84. The monoisotopic (exact) mass is 137 g/mol. The molecule has 2 atom stereocenters. The smallest absolute Gasteiger partial charge is 0.109 e. The van der Waals surface area contributed by atoms with Crippen LogP contribution in [0.1, 0.15) is 13.8 Å². The van der Waals surface area contributed by atoms with E-state index in [9.17, 15) is 0 Å². The maximum atomic E-state index is 4.18. The Kier molecular flexibility index (Phi) is 2.31. The van der Waals surface area contributed by atoms with Gasteiger partial charge < -0.3 is 0 Å². The average Bonchev–Trinajstić information content (AvgIpc) is 1.94. The molecule has 0 aromatic heterocycles. The SMILES string of the molecule is C/C=N\C1C=NC=NC1C. The molecule has 3 heteroatoms. The fraction of sp³-hybridized carbons (Fsp3) is 0.571. The molecule has 0 amide bonds. The largest absolute Gasteiger partial charge is 0.287 e. The van der Waals surface area contributed by atoms with Crippen molar-refractivity contribution in [2.45, 2.75) is 25.9 Å². The van der Waals surface area contributed by atoms with Crippen molar-refractivity contribution in [3.63, 3.8) is 0 Å². The van der Waals surface area contributed by atoms with Gasteiger partial charge in [-0.3, -0.25) is 9.98 Å². The van der Waals surface area contributed by atoms with Gasteiger partial charge in [-0.25, -0.2) is 4.99 Å². The zero-order chi connectivity index (χ0) is 7.40. The third-order valence-corrected chi connectivity index (χ3v) is 1.42. The molecule has 3 nitrogen and oxygen atoms in total. The molecule has 1 rings (SSSR count). The van der Waals surface area contributed by atoms with E-state index in [1.807, 2.05) is 20.1 Å². The van der Waals surface area contributed by atoms with Crippen LogP contribution in [0.5, 0.6) is 0 Å². The van der Waals surface area contributed by atoms with Gasteiger partial charge in [0.1, 0.15) is 12.4 Å². The van der Waals surface area contributed by atoms with Gasteiger partial charge in [0.15, 0.2) is 0 Å². The molecule has 0 aromatic carbocycles. The summed E-state index contributed by atoms with van der Waals surface area (Å²) in [6, 6.07) is 0.392. The lowest BCUT2D eigenvalue weighted by Gasteiger charge is -2.13. The van der Waals surface area contributed by atoms with E-state index in [0.717, 1.165) is 0 Å². The van der Waals surface area contributed by atoms with E-state index in [1.165, 1.54) is 0 Å². The second-order valence-electron chi connectivity index (χ2n) is 2.20. The van der Waals surface area contributed by atoms with Crippen LogP contribution in [-0.2, 0) is 0 Å². The number of aliphatic imine (C=N–C) groups is 3. The minimum atomic E-state index is 0.148. The Morgan fingerprint density at radius 2 is 2.40 bits per heavy atom. The maximum absolute atomic E-state index is 4.18.